The first-order valence-corrected chi connectivity index (χ1v) is 6.55. The molecule has 2 N–H and O–H groups in total. The third-order valence-corrected chi connectivity index (χ3v) is 2.97. The summed E-state index contributed by atoms with van der Waals surface area (Å²) in [6.45, 7) is 7.66. The summed E-state index contributed by atoms with van der Waals surface area (Å²) < 4.78 is 5.14. The lowest BCUT2D eigenvalue weighted by atomic mass is 10.2. The van der Waals surface area contributed by atoms with Crippen molar-refractivity contribution in [2.24, 2.45) is 0 Å². The van der Waals surface area contributed by atoms with E-state index in [0.717, 1.165) is 41.4 Å². The largest absolute Gasteiger partial charge is 0.384 e. The van der Waals surface area contributed by atoms with Gasteiger partial charge in [-0.2, -0.15) is 0 Å². The molecular weight excluding hydrogens is 240 g/mol. The van der Waals surface area contributed by atoms with Crippen LogP contribution in [0.5, 0.6) is 0 Å². The second-order valence-electron chi connectivity index (χ2n) is 4.55. The summed E-state index contributed by atoms with van der Waals surface area (Å²) in [5.41, 5.74) is 4.05. The number of aryl methyl sites for hydroxylation is 2. The lowest BCUT2D eigenvalue weighted by molar-refractivity contribution is 0.392. The summed E-state index contributed by atoms with van der Waals surface area (Å²) in [6.07, 6.45) is 4.74. The van der Waals surface area contributed by atoms with Crippen LogP contribution in [0.3, 0.4) is 0 Å². The van der Waals surface area contributed by atoms with Gasteiger partial charge in [0.15, 0.2) is 0 Å². The van der Waals surface area contributed by atoms with Gasteiger partial charge in [0.25, 0.3) is 0 Å². The number of aromatic nitrogens is 2. The first-order valence-electron chi connectivity index (χ1n) is 6.55. The molecule has 102 valence electrons. The minimum Gasteiger partial charge on any atom is -0.384 e. The van der Waals surface area contributed by atoms with Gasteiger partial charge in [-0.15, -0.1) is 0 Å². The Bertz CT molecular complexity index is 516. The molecule has 5 nitrogen and oxygen atoms in total. The third kappa shape index (κ3) is 3.47. The maximum atomic E-state index is 5.14. The third-order valence-electron chi connectivity index (χ3n) is 2.97. The predicted molar refractivity (Wildman–Crippen MR) is 76.3 cm³/mol. The van der Waals surface area contributed by atoms with E-state index in [1.807, 2.05) is 26.2 Å². The number of hydrogen-bond acceptors (Lipinski definition) is 5. The molecule has 0 saturated heterocycles. The fourth-order valence-corrected chi connectivity index (χ4v) is 1.85. The Hall–Kier alpha value is -2.04. The van der Waals surface area contributed by atoms with Crippen molar-refractivity contribution in [1.82, 2.24) is 10.1 Å². The average molecular weight is 260 g/mol. The molecule has 0 aliphatic heterocycles. The lowest BCUT2D eigenvalue weighted by Gasteiger charge is -2.09. The van der Waals surface area contributed by atoms with E-state index in [1.54, 1.807) is 0 Å². The van der Waals surface area contributed by atoms with Gasteiger partial charge in [0.1, 0.15) is 5.76 Å². The molecule has 0 aliphatic rings. The monoisotopic (exact) mass is 260 g/mol. The lowest BCUT2D eigenvalue weighted by Crippen LogP contribution is -2.04. The van der Waals surface area contributed by atoms with Crippen LogP contribution >= 0.6 is 0 Å². The van der Waals surface area contributed by atoms with Crippen LogP contribution in [0.25, 0.3) is 0 Å². The van der Waals surface area contributed by atoms with Crippen LogP contribution in [-0.4, -0.2) is 16.7 Å². The van der Waals surface area contributed by atoms with Gasteiger partial charge in [0.05, 0.1) is 29.5 Å². The SMILES string of the molecule is CCCNc1cncc(NCc2c(C)noc2C)c1. The predicted octanol–water partition coefficient (Wildman–Crippen LogP) is 3.12. The zero-order chi connectivity index (χ0) is 13.7. The average Bonchev–Trinajstić information content (AvgIpc) is 2.74. The second-order valence-corrected chi connectivity index (χ2v) is 4.55. The molecule has 2 heterocycles. The highest BCUT2D eigenvalue weighted by atomic mass is 16.5. The summed E-state index contributed by atoms with van der Waals surface area (Å²) in [5, 5.41) is 10.6. The fraction of sp³-hybridized carbons (Fsp3) is 0.429. The fourth-order valence-electron chi connectivity index (χ4n) is 1.85. The Kier molecular flexibility index (Phi) is 4.39. The molecule has 0 amide bonds. The molecule has 2 aromatic rings. The minimum absolute atomic E-state index is 0.695. The highest BCUT2D eigenvalue weighted by Gasteiger charge is 2.08. The molecular formula is C14H20N4O. The molecule has 0 spiro atoms. The molecule has 0 saturated carbocycles. The topological polar surface area (TPSA) is 63.0 Å². The van der Waals surface area contributed by atoms with E-state index in [9.17, 15) is 0 Å². The van der Waals surface area contributed by atoms with Crippen molar-refractivity contribution >= 4 is 11.4 Å². The number of anilines is 2. The maximum absolute atomic E-state index is 5.14. The Morgan fingerprint density at radius 2 is 1.89 bits per heavy atom. The van der Waals surface area contributed by atoms with Crippen LogP contribution in [0.1, 0.15) is 30.4 Å². The van der Waals surface area contributed by atoms with E-state index in [4.69, 9.17) is 4.52 Å². The highest BCUT2D eigenvalue weighted by Crippen LogP contribution is 2.17. The minimum atomic E-state index is 0.695. The Balaban J connectivity index is 1.99. The first-order chi connectivity index (χ1) is 9.20. The van der Waals surface area contributed by atoms with Crippen LogP contribution in [0.2, 0.25) is 0 Å². The van der Waals surface area contributed by atoms with Gasteiger partial charge in [-0.3, -0.25) is 4.98 Å². The number of nitrogens with one attached hydrogen (secondary N) is 2. The molecule has 0 atom stereocenters. The smallest absolute Gasteiger partial charge is 0.138 e. The summed E-state index contributed by atoms with van der Waals surface area (Å²) in [5.74, 6) is 0.859. The maximum Gasteiger partial charge on any atom is 0.138 e. The van der Waals surface area contributed by atoms with E-state index < -0.39 is 0 Å². The number of nitrogens with zero attached hydrogens (tertiary/aromatic N) is 2. The molecule has 0 bridgehead atoms. The van der Waals surface area contributed by atoms with Crippen LogP contribution in [0.15, 0.2) is 23.0 Å². The Morgan fingerprint density at radius 3 is 2.53 bits per heavy atom. The van der Waals surface area contributed by atoms with Crippen molar-refractivity contribution in [2.45, 2.75) is 33.7 Å². The van der Waals surface area contributed by atoms with Gasteiger partial charge < -0.3 is 15.2 Å². The molecule has 0 aromatic carbocycles. The molecule has 0 fully saturated rings. The number of pyridine rings is 1. The van der Waals surface area contributed by atoms with Crippen molar-refractivity contribution < 1.29 is 4.52 Å². The van der Waals surface area contributed by atoms with Crippen LogP contribution in [-0.2, 0) is 6.54 Å². The summed E-state index contributed by atoms with van der Waals surface area (Å²) in [4.78, 5) is 4.22. The van der Waals surface area contributed by atoms with E-state index in [-0.39, 0.29) is 0 Å². The molecule has 5 heteroatoms. The van der Waals surface area contributed by atoms with Gasteiger partial charge in [-0.25, -0.2) is 0 Å². The van der Waals surface area contributed by atoms with Crippen molar-refractivity contribution in [3.63, 3.8) is 0 Å². The van der Waals surface area contributed by atoms with Gasteiger partial charge >= 0.3 is 0 Å². The zero-order valence-corrected chi connectivity index (χ0v) is 11.7. The quantitative estimate of drug-likeness (QED) is 0.835. The van der Waals surface area contributed by atoms with Crippen LogP contribution in [0, 0.1) is 13.8 Å². The second kappa shape index (κ2) is 6.22. The number of hydrogen-bond donors (Lipinski definition) is 2. The van der Waals surface area contributed by atoms with E-state index in [0.29, 0.717) is 6.54 Å². The standard InChI is InChI=1S/C14H20N4O/c1-4-5-16-12-6-13(8-15-7-12)17-9-14-10(2)18-19-11(14)3/h6-8,16-17H,4-5,9H2,1-3H3. The molecule has 0 radical (unpaired) electrons. The molecule has 2 aromatic heterocycles. The van der Waals surface area contributed by atoms with E-state index in [2.05, 4.69) is 33.8 Å². The zero-order valence-electron chi connectivity index (χ0n) is 11.7. The van der Waals surface area contributed by atoms with Gasteiger partial charge in [0, 0.05) is 18.7 Å². The highest BCUT2D eigenvalue weighted by molar-refractivity contribution is 5.54. The normalized spacial score (nSPS) is 10.5. The van der Waals surface area contributed by atoms with E-state index in [1.165, 1.54) is 0 Å². The first kappa shape index (κ1) is 13.4. The summed E-state index contributed by atoms with van der Waals surface area (Å²) in [7, 11) is 0. The van der Waals surface area contributed by atoms with Gasteiger partial charge in [0.2, 0.25) is 0 Å². The van der Waals surface area contributed by atoms with Gasteiger partial charge in [-0.1, -0.05) is 12.1 Å². The number of rotatable bonds is 6. The van der Waals surface area contributed by atoms with Crippen molar-refractivity contribution in [1.29, 1.82) is 0 Å². The summed E-state index contributed by atoms with van der Waals surface area (Å²) >= 11 is 0. The van der Waals surface area contributed by atoms with Crippen molar-refractivity contribution in [3.05, 3.63) is 35.5 Å². The molecule has 0 unspecified atom stereocenters. The van der Waals surface area contributed by atoms with Crippen molar-refractivity contribution in [3.8, 4) is 0 Å². The molecule has 2 rings (SSSR count). The van der Waals surface area contributed by atoms with Crippen molar-refractivity contribution in [2.75, 3.05) is 17.2 Å². The van der Waals surface area contributed by atoms with E-state index >= 15 is 0 Å². The van der Waals surface area contributed by atoms with Gasteiger partial charge in [-0.05, 0) is 26.3 Å². The molecule has 19 heavy (non-hydrogen) atoms. The van der Waals surface area contributed by atoms with Crippen LogP contribution in [0.4, 0.5) is 11.4 Å². The molecule has 0 aliphatic carbocycles. The Labute approximate surface area is 113 Å². The summed E-state index contributed by atoms with van der Waals surface area (Å²) in [6, 6.07) is 2.06. The Morgan fingerprint density at radius 1 is 1.16 bits per heavy atom. The van der Waals surface area contributed by atoms with Crippen LogP contribution < -0.4 is 10.6 Å².